The zero-order valence-electron chi connectivity index (χ0n) is 10.6. The highest BCUT2D eigenvalue weighted by molar-refractivity contribution is 5.90. The van der Waals surface area contributed by atoms with Gasteiger partial charge in [-0.05, 0) is 24.6 Å². The van der Waals surface area contributed by atoms with Crippen molar-refractivity contribution in [3.63, 3.8) is 0 Å². The van der Waals surface area contributed by atoms with Gasteiger partial charge >= 0.3 is 0 Å². The van der Waals surface area contributed by atoms with E-state index in [-0.39, 0.29) is 18.9 Å². The molecule has 100 valence electrons. The second-order valence-corrected chi connectivity index (χ2v) is 3.90. The van der Waals surface area contributed by atoms with Gasteiger partial charge in [0.05, 0.1) is 18.4 Å². The summed E-state index contributed by atoms with van der Waals surface area (Å²) >= 11 is 0. The van der Waals surface area contributed by atoms with Crippen molar-refractivity contribution in [3.8, 4) is 5.75 Å². The number of carbonyl (C=O) groups is 1. The Hall–Kier alpha value is -1.59. The molecule has 0 aliphatic rings. The van der Waals surface area contributed by atoms with Crippen LogP contribution in [0, 0.1) is 0 Å². The lowest BCUT2D eigenvalue weighted by atomic mass is 10.1. The molecule has 0 radical (unpaired) electrons. The molecule has 1 atom stereocenters. The van der Waals surface area contributed by atoms with Gasteiger partial charge in [0.25, 0.3) is 0 Å². The maximum Gasteiger partial charge on any atom is 0.221 e. The Bertz CT molecular complexity index is 406. The quantitative estimate of drug-likeness (QED) is 0.717. The van der Waals surface area contributed by atoms with Crippen LogP contribution in [-0.4, -0.2) is 29.3 Å². The van der Waals surface area contributed by atoms with E-state index in [0.717, 1.165) is 0 Å². The first-order valence-electron chi connectivity index (χ1n) is 5.91. The Labute approximate surface area is 106 Å². The molecule has 1 aromatic rings. The van der Waals surface area contributed by atoms with Crippen LogP contribution in [0.2, 0.25) is 0 Å². The van der Waals surface area contributed by atoms with Gasteiger partial charge in [0.2, 0.25) is 5.91 Å². The Kier molecular flexibility index (Phi) is 5.61. The SMILES string of the molecule is CCOc1ccc(C(O)CCO)cc1NC(C)=O. The Morgan fingerprint density at radius 1 is 1.50 bits per heavy atom. The molecule has 1 rings (SSSR count). The number of aliphatic hydroxyl groups is 2. The normalized spacial score (nSPS) is 12.0. The first kappa shape index (κ1) is 14.5. The number of benzene rings is 1. The van der Waals surface area contributed by atoms with Gasteiger partial charge in [-0.1, -0.05) is 6.07 Å². The lowest BCUT2D eigenvalue weighted by Gasteiger charge is -2.15. The van der Waals surface area contributed by atoms with Gasteiger partial charge in [0.1, 0.15) is 5.75 Å². The molecular formula is C13H19NO4. The third-order valence-electron chi connectivity index (χ3n) is 2.40. The van der Waals surface area contributed by atoms with E-state index in [1.54, 1.807) is 18.2 Å². The van der Waals surface area contributed by atoms with Gasteiger partial charge in [-0.15, -0.1) is 0 Å². The van der Waals surface area contributed by atoms with Crippen LogP contribution in [0.4, 0.5) is 5.69 Å². The summed E-state index contributed by atoms with van der Waals surface area (Å²) in [6.45, 7) is 3.66. The predicted molar refractivity (Wildman–Crippen MR) is 68.6 cm³/mol. The zero-order valence-corrected chi connectivity index (χ0v) is 10.6. The van der Waals surface area contributed by atoms with Crippen LogP contribution in [-0.2, 0) is 4.79 Å². The fraction of sp³-hybridized carbons (Fsp3) is 0.462. The first-order valence-corrected chi connectivity index (χ1v) is 5.91. The third kappa shape index (κ3) is 4.01. The molecule has 18 heavy (non-hydrogen) atoms. The number of nitrogens with one attached hydrogen (secondary N) is 1. The standard InChI is InChI=1S/C13H19NO4/c1-3-18-13-5-4-10(12(17)6-7-15)8-11(13)14-9(2)16/h4-5,8,12,15,17H,3,6-7H2,1-2H3,(H,14,16). The van der Waals surface area contributed by atoms with E-state index in [4.69, 9.17) is 9.84 Å². The van der Waals surface area contributed by atoms with Gasteiger partial charge < -0.3 is 20.3 Å². The molecule has 5 nitrogen and oxygen atoms in total. The number of hydrogen-bond donors (Lipinski definition) is 3. The molecule has 0 saturated heterocycles. The van der Waals surface area contributed by atoms with Gasteiger partial charge in [0.15, 0.2) is 0 Å². The van der Waals surface area contributed by atoms with Gasteiger partial charge in [-0.3, -0.25) is 4.79 Å². The number of amides is 1. The van der Waals surface area contributed by atoms with Crippen LogP contribution in [0.25, 0.3) is 0 Å². The van der Waals surface area contributed by atoms with Crippen molar-refractivity contribution in [2.75, 3.05) is 18.5 Å². The highest BCUT2D eigenvalue weighted by Gasteiger charge is 2.11. The van der Waals surface area contributed by atoms with Crippen LogP contribution >= 0.6 is 0 Å². The van der Waals surface area contributed by atoms with Crippen molar-refractivity contribution in [1.82, 2.24) is 0 Å². The number of carbonyl (C=O) groups excluding carboxylic acids is 1. The Morgan fingerprint density at radius 3 is 2.78 bits per heavy atom. The number of aliphatic hydroxyl groups excluding tert-OH is 2. The average Bonchev–Trinajstić information content (AvgIpc) is 2.31. The summed E-state index contributed by atoms with van der Waals surface area (Å²) in [5.74, 6) is 0.359. The Morgan fingerprint density at radius 2 is 2.22 bits per heavy atom. The van der Waals surface area contributed by atoms with Crippen LogP contribution in [0.3, 0.4) is 0 Å². The molecule has 5 heteroatoms. The van der Waals surface area contributed by atoms with Gasteiger partial charge in [-0.2, -0.15) is 0 Å². The molecular weight excluding hydrogens is 234 g/mol. The summed E-state index contributed by atoms with van der Waals surface area (Å²) in [6, 6.07) is 5.08. The monoisotopic (exact) mass is 253 g/mol. The summed E-state index contributed by atoms with van der Waals surface area (Å²) < 4.78 is 5.39. The summed E-state index contributed by atoms with van der Waals surface area (Å²) in [5.41, 5.74) is 1.16. The second kappa shape index (κ2) is 6.98. The zero-order chi connectivity index (χ0) is 13.5. The number of rotatable bonds is 6. The van der Waals surface area contributed by atoms with Crippen molar-refractivity contribution >= 4 is 11.6 Å². The van der Waals surface area contributed by atoms with Crippen LogP contribution in [0.5, 0.6) is 5.75 Å². The second-order valence-electron chi connectivity index (χ2n) is 3.90. The molecule has 0 aromatic heterocycles. The smallest absolute Gasteiger partial charge is 0.221 e. The molecule has 0 spiro atoms. The minimum absolute atomic E-state index is 0.0934. The lowest BCUT2D eigenvalue weighted by molar-refractivity contribution is -0.114. The summed E-state index contributed by atoms with van der Waals surface area (Å²) in [5, 5.41) is 21.2. The van der Waals surface area contributed by atoms with Crippen molar-refractivity contribution in [1.29, 1.82) is 0 Å². The van der Waals surface area contributed by atoms with E-state index in [9.17, 15) is 9.90 Å². The third-order valence-corrected chi connectivity index (χ3v) is 2.40. The van der Waals surface area contributed by atoms with Crippen molar-refractivity contribution < 1.29 is 19.7 Å². The van der Waals surface area contributed by atoms with Gasteiger partial charge in [-0.25, -0.2) is 0 Å². The van der Waals surface area contributed by atoms with Crippen molar-refractivity contribution in [2.24, 2.45) is 0 Å². The lowest BCUT2D eigenvalue weighted by Crippen LogP contribution is -2.09. The van der Waals surface area contributed by atoms with Gasteiger partial charge in [0, 0.05) is 20.0 Å². The summed E-state index contributed by atoms with van der Waals surface area (Å²) in [7, 11) is 0. The molecule has 0 saturated carbocycles. The van der Waals surface area contributed by atoms with Crippen LogP contribution in [0.15, 0.2) is 18.2 Å². The topological polar surface area (TPSA) is 78.8 Å². The summed E-state index contributed by atoms with van der Waals surface area (Å²) in [4.78, 5) is 11.1. The molecule has 0 bridgehead atoms. The summed E-state index contributed by atoms with van der Waals surface area (Å²) in [6.07, 6.45) is -0.494. The molecule has 0 aliphatic heterocycles. The molecule has 0 aliphatic carbocycles. The van der Waals surface area contributed by atoms with E-state index in [1.807, 2.05) is 6.92 Å². The van der Waals surface area contributed by atoms with E-state index in [1.165, 1.54) is 6.92 Å². The van der Waals surface area contributed by atoms with Crippen molar-refractivity contribution in [2.45, 2.75) is 26.4 Å². The number of ether oxygens (including phenoxy) is 1. The minimum atomic E-state index is -0.752. The van der Waals surface area contributed by atoms with E-state index in [0.29, 0.717) is 23.6 Å². The fourth-order valence-electron chi connectivity index (χ4n) is 1.61. The van der Waals surface area contributed by atoms with Crippen molar-refractivity contribution in [3.05, 3.63) is 23.8 Å². The maximum atomic E-state index is 11.1. The molecule has 1 amide bonds. The number of hydrogen-bond acceptors (Lipinski definition) is 4. The predicted octanol–water partition coefficient (Wildman–Crippen LogP) is 1.46. The van der Waals surface area contributed by atoms with E-state index in [2.05, 4.69) is 5.32 Å². The first-order chi connectivity index (χ1) is 8.58. The highest BCUT2D eigenvalue weighted by Crippen LogP contribution is 2.29. The molecule has 1 aromatic carbocycles. The highest BCUT2D eigenvalue weighted by atomic mass is 16.5. The van der Waals surface area contributed by atoms with E-state index >= 15 is 0 Å². The van der Waals surface area contributed by atoms with Crippen LogP contribution < -0.4 is 10.1 Å². The number of anilines is 1. The largest absolute Gasteiger partial charge is 0.492 e. The molecule has 3 N–H and O–H groups in total. The molecule has 0 heterocycles. The fourth-order valence-corrected chi connectivity index (χ4v) is 1.61. The van der Waals surface area contributed by atoms with Crippen LogP contribution in [0.1, 0.15) is 31.9 Å². The minimum Gasteiger partial charge on any atom is -0.492 e. The molecule has 1 unspecified atom stereocenters. The Balaban J connectivity index is 2.99. The molecule has 0 fully saturated rings. The maximum absolute atomic E-state index is 11.1. The average molecular weight is 253 g/mol. The van der Waals surface area contributed by atoms with E-state index < -0.39 is 6.10 Å².